The summed E-state index contributed by atoms with van der Waals surface area (Å²) < 4.78 is 0.998. The molecule has 1 amide bonds. The highest BCUT2D eigenvalue weighted by molar-refractivity contribution is 9.10. The highest BCUT2D eigenvalue weighted by atomic mass is 79.9. The molecule has 1 unspecified atom stereocenters. The minimum absolute atomic E-state index is 0.151. The van der Waals surface area contributed by atoms with E-state index in [1.165, 1.54) is 0 Å². The number of amides is 1. The summed E-state index contributed by atoms with van der Waals surface area (Å²) in [6.07, 6.45) is 4.39. The fourth-order valence-corrected chi connectivity index (χ4v) is 4.13. The lowest BCUT2D eigenvalue weighted by Gasteiger charge is -2.24. The van der Waals surface area contributed by atoms with E-state index >= 15 is 0 Å². The minimum Gasteiger partial charge on any atom is -0.478 e. The molecule has 0 saturated heterocycles. The Balaban J connectivity index is 1.65. The quantitative estimate of drug-likeness (QED) is 0.711. The Bertz CT molecular complexity index is 816. The maximum absolute atomic E-state index is 12.4. The second-order valence-corrected chi connectivity index (χ2v) is 8.09. The van der Waals surface area contributed by atoms with Gasteiger partial charge in [0.05, 0.1) is 10.6 Å². The summed E-state index contributed by atoms with van der Waals surface area (Å²) in [5, 5.41) is 15.2. The normalized spacial score (nSPS) is 17.2. The van der Waals surface area contributed by atoms with Gasteiger partial charge in [-0.1, -0.05) is 28.1 Å². The van der Waals surface area contributed by atoms with Crippen molar-refractivity contribution >= 4 is 39.1 Å². The number of carbonyl (C=O) groups excluding carboxylic acids is 1. The van der Waals surface area contributed by atoms with E-state index in [0.29, 0.717) is 37.0 Å². The third-order valence-corrected chi connectivity index (χ3v) is 5.93. The van der Waals surface area contributed by atoms with Crippen LogP contribution in [0.5, 0.6) is 0 Å². The number of aryl methyl sites for hydroxylation is 1. The third kappa shape index (κ3) is 4.80. The van der Waals surface area contributed by atoms with E-state index < -0.39 is 5.97 Å². The fourth-order valence-electron chi connectivity index (χ4n) is 3.09. The van der Waals surface area contributed by atoms with Crippen LogP contribution >= 0.6 is 27.3 Å². The predicted molar refractivity (Wildman–Crippen MR) is 104 cm³/mol. The third-order valence-electron chi connectivity index (χ3n) is 4.46. The van der Waals surface area contributed by atoms with Crippen molar-refractivity contribution in [3.8, 4) is 0 Å². The molecule has 7 heteroatoms. The lowest BCUT2D eigenvalue weighted by Crippen LogP contribution is -2.29. The van der Waals surface area contributed by atoms with Crippen LogP contribution in [0.3, 0.4) is 0 Å². The maximum Gasteiger partial charge on any atom is 0.333 e. The summed E-state index contributed by atoms with van der Waals surface area (Å²) in [5.74, 6) is -0.938. The number of rotatable bonds is 6. The second-order valence-electron chi connectivity index (χ2n) is 6.25. The Morgan fingerprint density at radius 3 is 2.73 bits per heavy atom. The summed E-state index contributed by atoms with van der Waals surface area (Å²) in [6.45, 7) is 0. The van der Waals surface area contributed by atoms with Gasteiger partial charge in [0.25, 0.3) is 0 Å². The highest BCUT2D eigenvalue weighted by Crippen LogP contribution is 2.36. The number of hydrogen-bond donors (Lipinski definition) is 2. The molecule has 0 saturated carbocycles. The van der Waals surface area contributed by atoms with E-state index in [-0.39, 0.29) is 11.8 Å². The van der Waals surface area contributed by atoms with E-state index in [2.05, 4.69) is 26.2 Å². The van der Waals surface area contributed by atoms with Crippen LogP contribution in [0.1, 0.15) is 42.2 Å². The first kappa shape index (κ1) is 18.8. The minimum atomic E-state index is -0.953. The van der Waals surface area contributed by atoms with Crippen molar-refractivity contribution in [1.29, 1.82) is 0 Å². The van der Waals surface area contributed by atoms with Gasteiger partial charge in [0.2, 0.25) is 5.91 Å². The number of halogens is 1. The standard InChI is InChI=1S/C19H19BrN2O3S/c20-14-5-1-12(2-6-14)3-8-17(23)22-16-11-13(18-21-9-10-26-18)4-7-15(16)19(24)25/h1-2,5-6,9-10,13H,3-4,7-8,11H2,(H,22,23)(H,24,25). The maximum atomic E-state index is 12.4. The van der Waals surface area contributed by atoms with Crippen molar-refractivity contribution in [3.05, 3.63) is 62.2 Å². The number of benzene rings is 1. The molecule has 1 aromatic heterocycles. The van der Waals surface area contributed by atoms with Crippen LogP contribution in [0.25, 0.3) is 0 Å². The molecule has 0 radical (unpaired) electrons. The molecule has 1 atom stereocenters. The largest absolute Gasteiger partial charge is 0.478 e. The zero-order valence-corrected chi connectivity index (χ0v) is 16.5. The molecule has 1 aromatic carbocycles. The number of hydrogen-bond acceptors (Lipinski definition) is 4. The molecular weight excluding hydrogens is 416 g/mol. The van der Waals surface area contributed by atoms with Gasteiger partial charge in [0.1, 0.15) is 0 Å². The number of allylic oxidation sites excluding steroid dienone is 1. The van der Waals surface area contributed by atoms with Crippen molar-refractivity contribution in [2.45, 2.75) is 38.0 Å². The van der Waals surface area contributed by atoms with Crippen molar-refractivity contribution in [2.24, 2.45) is 0 Å². The number of aliphatic carboxylic acids is 1. The molecule has 2 N–H and O–H groups in total. The van der Waals surface area contributed by atoms with Crippen molar-refractivity contribution in [1.82, 2.24) is 10.3 Å². The van der Waals surface area contributed by atoms with Crippen molar-refractivity contribution in [3.63, 3.8) is 0 Å². The van der Waals surface area contributed by atoms with Gasteiger partial charge in [0, 0.05) is 34.1 Å². The van der Waals surface area contributed by atoms with Crippen LogP contribution in [0.4, 0.5) is 0 Å². The number of aromatic nitrogens is 1. The molecule has 3 rings (SSSR count). The Kier molecular flexibility index (Phi) is 6.21. The summed E-state index contributed by atoms with van der Waals surface area (Å²) >= 11 is 4.96. The average molecular weight is 435 g/mol. The van der Waals surface area contributed by atoms with E-state index in [1.54, 1.807) is 17.5 Å². The molecule has 0 spiro atoms. The molecule has 1 aliphatic rings. The zero-order chi connectivity index (χ0) is 18.5. The number of carbonyl (C=O) groups is 2. The Morgan fingerprint density at radius 2 is 2.08 bits per heavy atom. The van der Waals surface area contributed by atoms with Gasteiger partial charge in [-0.2, -0.15) is 0 Å². The first-order chi connectivity index (χ1) is 12.5. The Hall–Kier alpha value is -1.99. The number of carboxylic acids is 1. The molecule has 1 heterocycles. The van der Waals surface area contributed by atoms with Gasteiger partial charge in [0.15, 0.2) is 0 Å². The number of thiazole rings is 1. The van der Waals surface area contributed by atoms with Crippen LogP contribution in [0.15, 0.2) is 51.6 Å². The molecule has 0 fully saturated rings. The van der Waals surface area contributed by atoms with Gasteiger partial charge >= 0.3 is 5.97 Å². The SMILES string of the molecule is O=C(CCc1ccc(Br)cc1)NC1=C(C(=O)O)CCC(c2nccs2)C1. The molecule has 136 valence electrons. The van der Waals surface area contributed by atoms with Gasteiger partial charge in [-0.05, 0) is 43.4 Å². The summed E-state index contributed by atoms with van der Waals surface area (Å²) in [7, 11) is 0. The molecular formula is C19H19BrN2O3S. The molecule has 2 aromatic rings. The average Bonchev–Trinajstić information content (AvgIpc) is 3.15. The molecule has 0 aliphatic heterocycles. The molecule has 26 heavy (non-hydrogen) atoms. The molecule has 5 nitrogen and oxygen atoms in total. The van der Waals surface area contributed by atoms with Gasteiger partial charge in [-0.15, -0.1) is 11.3 Å². The Labute approximate surface area is 164 Å². The van der Waals surface area contributed by atoms with E-state index in [0.717, 1.165) is 21.5 Å². The number of nitrogens with zero attached hydrogens (tertiary/aromatic N) is 1. The van der Waals surface area contributed by atoms with Crippen LogP contribution in [-0.2, 0) is 16.0 Å². The molecule has 0 bridgehead atoms. The number of carboxylic acid groups (broad SMARTS) is 1. The molecule has 1 aliphatic carbocycles. The predicted octanol–water partition coefficient (Wildman–Crippen LogP) is 4.26. The summed E-state index contributed by atoms with van der Waals surface area (Å²) in [4.78, 5) is 28.2. The van der Waals surface area contributed by atoms with Crippen LogP contribution in [-0.4, -0.2) is 22.0 Å². The monoisotopic (exact) mass is 434 g/mol. The first-order valence-corrected chi connectivity index (χ1v) is 10.1. The van der Waals surface area contributed by atoms with Crippen LogP contribution in [0, 0.1) is 0 Å². The van der Waals surface area contributed by atoms with E-state index in [4.69, 9.17) is 0 Å². The topological polar surface area (TPSA) is 79.3 Å². The van der Waals surface area contributed by atoms with E-state index in [1.807, 2.05) is 29.6 Å². The lowest BCUT2D eigenvalue weighted by molar-refractivity contribution is -0.133. The van der Waals surface area contributed by atoms with Gasteiger partial charge < -0.3 is 10.4 Å². The van der Waals surface area contributed by atoms with Gasteiger partial charge in [-0.25, -0.2) is 9.78 Å². The zero-order valence-electron chi connectivity index (χ0n) is 14.1. The van der Waals surface area contributed by atoms with Crippen LogP contribution < -0.4 is 5.32 Å². The fraction of sp³-hybridized carbons (Fsp3) is 0.316. The Morgan fingerprint density at radius 1 is 1.31 bits per heavy atom. The second kappa shape index (κ2) is 8.60. The van der Waals surface area contributed by atoms with Gasteiger partial charge in [-0.3, -0.25) is 4.79 Å². The van der Waals surface area contributed by atoms with Crippen LogP contribution in [0.2, 0.25) is 0 Å². The van der Waals surface area contributed by atoms with Crippen molar-refractivity contribution in [2.75, 3.05) is 0 Å². The van der Waals surface area contributed by atoms with Crippen molar-refractivity contribution < 1.29 is 14.7 Å². The summed E-state index contributed by atoms with van der Waals surface area (Å²) in [6, 6.07) is 7.83. The first-order valence-electron chi connectivity index (χ1n) is 8.42. The number of nitrogens with one attached hydrogen (secondary N) is 1. The highest BCUT2D eigenvalue weighted by Gasteiger charge is 2.28. The summed E-state index contributed by atoms with van der Waals surface area (Å²) in [5.41, 5.74) is 1.92. The smallest absolute Gasteiger partial charge is 0.333 e. The lowest BCUT2D eigenvalue weighted by atomic mass is 9.87. The van der Waals surface area contributed by atoms with E-state index in [9.17, 15) is 14.7 Å².